The van der Waals surface area contributed by atoms with Gasteiger partial charge < -0.3 is 14.6 Å². The smallest absolute Gasteiger partial charge is 0.248 e. The van der Waals surface area contributed by atoms with Gasteiger partial charge in [-0.2, -0.15) is 0 Å². The Balaban J connectivity index is 1.31. The summed E-state index contributed by atoms with van der Waals surface area (Å²) in [7, 11) is 0. The summed E-state index contributed by atoms with van der Waals surface area (Å²) in [6, 6.07) is 7.94. The Morgan fingerprint density at radius 2 is 2.30 bits per heavy atom. The summed E-state index contributed by atoms with van der Waals surface area (Å²) >= 11 is 0. The van der Waals surface area contributed by atoms with Crippen molar-refractivity contribution in [3.05, 3.63) is 53.9 Å². The van der Waals surface area contributed by atoms with E-state index in [1.807, 2.05) is 36.1 Å². The average Bonchev–Trinajstić information content (AvgIpc) is 3.13. The summed E-state index contributed by atoms with van der Waals surface area (Å²) in [5, 5.41) is 0. The van der Waals surface area contributed by atoms with Gasteiger partial charge in [-0.05, 0) is 37.5 Å². The van der Waals surface area contributed by atoms with Crippen LogP contribution in [0.15, 0.2) is 36.8 Å². The van der Waals surface area contributed by atoms with Crippen molar-refractivity contribution in [2.75, 3.05) is 19.7 Å². The van der Waals surface area contributed by atoms with Crippen LogP contribution in [0.5, 0.6) is 0 Å². The van der Waals surface area contributed by atoms with Crippen molar-refractivity contribution in [3.63, 3.8) is 0 Å². The molecule has 1 fully saturated rings. The molecule has 0 bridgehead atoms. The number of piperidine rings is 1. The summed E-state index contributed by atoms with van der Waals surface area (Å²) in [6.07, 6.45) is 5.33. The predicted molar refractivity (Wildman–Crippen MR) is 101 cm³/mol. The highest BCUT2D eigenvalue weighted by molar-refractivity contribution is 5.78. The first-order chi connectivity index (χ1) is 13.2. The molecule has 140 valence electrons. The minimum Gasteiger partial charge on any atom is -0.364 e. The van der Waals surface area contributed by atoms with E-state index in [0.29, 0.717) is 13.2 Å². The average molecular weight is 365 g/mol. The number of hydrogen-bond acceptors (Lipinski definition) is 5. The highest BCUT2D eigenvalue weighted by atomic mass is 16.5. The second kappa shape index (κ2) is 7.84. The molecule has 2 aromatic heterocycles. The number of nitrogens with one attached hydrogen (secondary N) is 1. The van der Waals surface area contributed by atoms with E-state index >= 15 is 0 Å². The summed E-state index contributed by atoms with van der Waals surface area (Å²) < 4.78 is 5.63. The van der Waals surface area contributed by atoms with E-state index in [2.05, 4.69) is 19.9 Å². The monoisotopic (exact) mass is 365 g/mol. The number of carbonyl (C=O) groups is 1. The first-order valence-electron chi connectivity index (χ1n) is 9.26. The number of benzene rings is 1. The van der Waals surface area contributed by atoms with Crippen LogP contribution in [-0.4, -0.2) is 50.4 Å². The quantitative estimate of drug-likeness (QED) is 0.751. The molecule has 1 saturated heterocycles. The van der Waals surface area contributed by atoms with Gasteiger partial charge in [-0.15, -0.1) is 0 Å². The maximum atomic E-state index is 12.5. The van der Waals surface area contributed by atoms with Crippen molar-refractivity contribution >= 4 is 16.9 Å². The van der Waals surface area contributed by atoms with E-state index in [1.165, 1.54) is 0 Å². The number of aryl methyl sites for hydroxylation is 1. The Bertz CT molecular complexity index is 925. The molecule has 1 aliphatic heterocycles. The summed E-state index contributed by atoms with van der Waals surface area (Å²) in [5.41, 5.74) is 4.06. The minimum absolute atomic E-state index is 0.0149. The Morgan fingerprint density at radius 1 is 1.37 bits per heavy atom. The van der Waals surface area contributed by atoms with Gasteiger partial charge in [0.25, 0.3) is 0 Å². The van der Waals surface area contributed by atoms with Crippen LogP contribution in [0.25, 0.3) is 11.0 Å². The first kappa shape index (κ1) is 17.6. The van der Waals surface area contributed by atoms with Crippen LogP contribution in [0.3, 0.4) is 0 Å². The fourth-order valence-electron chi connectivity index (χ4n) is 3.61. The molecule has 27 heavy (non-hydrogen) atoms. The van der Waals surface area contributed by atoms with Crippen LogP contribution in [0, 0.1) is 6.92 Å². The molecule has 1 aliphatic rings. The number of H-pyrrole nitrogens is 1. The second-order valence-electron chi connectivity index (χ2n) is 6.96. The third-order valence-corrected chi connectivity index (χ3v) is 5.03. The van der Waals surface area contributed by atoms with E-state index in [4.69, 9.17) is 4.74 Å². The van der Waals surface area contributed by atoms with E-state index < -0.39 is 0 Å². The van der Waals surface area contributed by atoms with Gasteiger partial charge in [0.05, 0.1) is 11.0 Å². The molecule has 0 aliphatic carbocycles. The van der Waals surface area contributed by atoms with E-state index in [0.717, 1.165) is 47.5 Å². The van der Waals surface area contributed by atoms with Gasteiger partial charge in [0.1, 0.15) is 25.4 Å². The van der Waals surface area contributed by atoms with E-state index in [1.54, 1.807) is 12.5 Å². The number of imidazole rings is 1. The number of nitrogens with zero attached hydrogens (tertiary/aromatic N) is 4. The normalized spacial score (nSPS) is 17.4. The molecule has 0 saturated carbocycles. The van der Waals surface area contributed by atoms with Gasteiger partial charge in [0.2, 0.25) is 5.91 Å². The molecule has 1 N–H and O–H groups in total. The van der Waals surface area contributed by atoms with Crippen molar-refractivity contribution in [1.82, 2.24) is 24.8 Å². The molecule has 4 rings (SSSR count). The number of fused-ring (bicyclic) bond motifs is 1. The zero-order chi connectivity index (χ0) is 18.6. The van der Waals surface area contributed by atoms with Crippen molar-refractivity contribution < 1.29 is 9.53 Å². The van der Waals surface area contributed by atoms with Crippen LogP contribution in [0.4, 0.5) is 0 Å². The maximum Gasteiger partial charge on any atom is 0.248 e. The van der Waals surface area contributed by atoms with Gasteiger partial charge in [-0.3, -0.25) is 4.79 Å². The van der Waals surface area contributed by atoms with Crippen LogP contribution >= 0.6 is 0 Å². The van der Waals surface area contributed by atoms with Gasteiger partial charge in [-0.25, -0.2) is 15.0 Å². The molecule has 7 heteroatoms. The first-order valence-corrected chi connectivity index (χ1v) is 9.26. The molecule has 3 aromatic rings. The lowest BCUT2D eigenvalue weighted by Crippen LogP contribution is -2.41. The number of carbonyl (C=O) groups excluding carboxylic acids is 1. The van der Waals surface area contributed by atoms with Gasteiger partial charge in [0.15, 0.2) is 0 Å². The number of rotatable bonds is 5. The Morgan fingerprint density at radius 3 is 3.11 bits per heavy atom. The maximum absolute atomic E-state index is 12.5. The van der Waals surface area contributed by atoms with Crippen LogP contribution in [-0.2, 0) is 16.1 Å². The van der Waals surface area contributed by atoms with Gasteiger partial charge in [-0.1, -0.05) is 12.1 Å². The molecule has 1 aromatic carbocycles. The van der Waals surface area contributed by atoms with Gasteiger partial charge >= 0.3 is 0 Å². The third-order valence-electron chi connectivity index (χ3n) is 5.03. The summed E-state index contributed by atoms with van der Waals surface area (Å²) in [5.74, 6) is 1.02. The van der Waals surface area contributed by atoms with Crippen LogP contribution < -0.4 is 0 Å². The number of hydrogen-bond donors (Lipinski definition) is 1. The second-order valence-corrected chi connectivity index (χ2v) is 6.96. The minimum atomic E-state index is 0.0149. The number of amides is 1. The van der Waals surface area contributed by atoms with E-state index in [-0.39, 0.29) is 18.4 Å². The zero-order valence-electron chi connectivity index (χ0n) is 15.4. The topological polar surface area (TPSA) is 84.0 Å². The fourth-order valence-corrected chi connectivity index (χ4v) is 3.61. The Labute approximate surface area is 157 Å². The number of para-hydroxylation sites is 1. The van der Waals surface area contributed by atoms with Crippen molar-refractivity contribution in [2.45, 2.75) is 32.3 Å². The Hall–Kier alpha value is -2.80. The lowest BCUT2D eigenvalue weighted by Gasteiger charge is -2.32. The standard InChI is InChI=1S/C20H23N5O2/c1-14-4-2-6-17-20(14)24-18(23-17)11-27-12-19(26)25-9-3-5-15(10-25)16-7-8-21-13-22-16/h2,4,6-8,13,15H,3,5,9-12H2,1H3,(H,23,24)/t15-/m0/s1. The summed E-state index contributed by atoms with van der Waals surface area (Å²) in [6.45, 7) is 3.84. The number of likely N-dealkylation sites (tertiary alicyclic amines) is 1. The molecule has 1 amide bonds. The molecule has 1 atom stereocenters. The number of aromatic nitrogens is 4. The molecular weight excluding hydrogens is 342 g/mol. The van der Waals surface area contributed by atoms with Gasteiger partial charge in [0, 0.05) is 30.9 Å². The van der Waals surface area contributed by atoms with E-state index in [9.17, 15) is 4.79 Å². The highest BCUT2D eigenvalue weighted by Gasteiger charge is 2.25. The molecule has 0 radical (unpaired) electrons. The number of ether oxygens (including phenoxy) is 1. The molecule has 3 heterocycles. The molecule has 0 spiro atoms. The lowest BCUT2D eigenvalue weighted by atomic mass is 9.94. The zero-order valence-corrected chi connectivity index (χ0v) is 15.4. The Kier molecular flexibility index (Phi) is 5.11. The van der Waals surface area contributed by atoms with Crippen molar-refractivity contribution in [1.29, 1.82) is 0 Å². The lowest BCUT2D eigenvalue weighted by molar-refractivity contribution is -0.137. The molecule has 0 unspecified atom stereocenters. The van der Waals surface area contributed by atoms with Crippen molar-refractivity contribution in [2.24, 2.45) is 0 Å². The van der Waals surface area contributed by atoms with Crippen LogP contribution in [0.1, 0.15) is 35.8 Å². The van der Waals surface area contributed by atoms with Crippen LogP contribution in [0.2, 0.25) is 0 Å². The largest absolute Gasteiger partial charge is 0.364 e. The fraction of sp³-hybridized carbons (Fsp3) is 0.400. The van der Waals surface area contributed by atoms with Crippen molar-refractivity contribution in [3.8, 4) is 0 Å². The summed E-state index contributed by atoms with van der Waals surface area (Å²) in [4.78, 5) is 30.5. The predicted octanol–water partition coefficient (Wildman–Crippen LogP) is 2.58. The SMILES string of the molecule is Cc1cccc2[nH]c(COCC(=O)N3CCC[C@H](c4ccncn4)C3)nc12. The molecule has 7 nitrogen and oxygen atoms in total. The third kappa shape index (κ3) is 3.98. The highest BCUT2D eigenvalue weighted by Crippen LogP contribution is 2.25. The number of aromatic amines is 1. The molecular formula is C20H23N5O2.